The van der Waals surface area contributed by atoms with Gasteiger partial charge in [-0.3, -0.25) is 9.59 Å². The van der Waals surface area contributed by atoms with E-state index in [4.69, 9.17) is 4.74 Å². The summed E-state index contributed by atoms with van der Waals surface area (Å²) in [7, 11) is 1.51. The second-order valence-corrected chi connectivity index (χ2v) is 6.42. The van der Waals surface area contributed by atoms with Crippen molar-refractivity contribution < 1.29 is 19.4 Å². The third-order valence-corrected chi connectivity index (χ3v) is 5.14. The molecule has 0 aromatic carbocycles. The van der Waals surface area contributed by atoms with E-state index in [-0.39, 0.29) is 25.0 Å². The number of nitrogens with zero attached hydrogens (tertiary/aromatic N) is 1. The Morgan fingerprint density at radius 3 is 2.75 bits per heavy atom. The topological polar surface area (TPSA) is 66.8 Å². The largest absolute Gasteiger partial charge is 0.481 e. The third-order valence-electron chi connectivity index (χ3n) is 5.14. The molecular weight excluding hydrogens is 258 g/mol. The number of carbonyl (C=O) groups excluding carboxylic acids is 1. The van der Waals surface area contributed by atoms with Crippen molar-refractivity contribution in [3.8, 4) is 0 Å². The molecule has 1 N–H and O–H groups in total. The maximum atomic E-state index is 12.6. The maximum Gasteiger partial charge on any atom is 0.313 e. The normalized spacial score (nSPS) is 38.6. The van der Waals surface area contributed by atoms with Crippen molar-refractivity contribution in [2.75, 3.05) is 26.8 Å². The Morgan fingerprint density at radius 2 is 2.20 bits per heavy atom. The van der Waals surface area contributed by atoms with Crippen molar-refractivity contribution in [1.82, 2.24) is 4.90 Å². The first kappa shape index (κ1) is 13.6. The van der Waals surface area contributed by atoms with Crippen LogP contribution in [0.4, 0.5) is 0 Å². The van der Waals surface area contributed by atoms with Crippen molar-refractivity contribution >= 4 is 11.9 Å². The molecule has 1 heterocycles. The Labute approximate surface area is 118 Å². The minimum atomic E-state index is -0.919. The number of carboxylic acids is 1. The van der Waals surface area contributed by atoms with E-state index in [1.54, 1.807) is 4.90 Å². The van der Waals surface area contributed by atoms with E-state index in [0.29, 0.717) is 24.8 Å². The molecule has 2 fully saturated rings. The van der Waals surface area contributed by atoms with Gasteiger partial charge in [-0.15, -0.1) is 0 Å². The average Bonchev–Trinajstić information content (AvgIpc) is 3.13. The summed E-state index contributed by atoms with van der Waals surface area (Å²) in [5, 5.41) is 9.44. The molecule has 0 radical (unpaired) electrons. The van der Waals surface area contributed by atoms with Crippen LogP contribution in [0.25, 0.3) is 0 Å². The molecule has 0 aromatic rings. The van der Waals surface area contributed by atoms with Crippen LogP contribution in [0.1, 0.15) is 19.3 Å². The summed E-state index contributed by atoms with van der Waals surface area (Å²) in [5.74, 6) is 0.273. The minimum Gasteiger partial charge on any atom is -0.481 e. The molecule has 5 heteroatoms. The average molecular weight is 279 g/mol. The molecule has 5 nitrogen and oxygen atoms in total. The van der Waals surface area contributed by atoms with Crippen LogP contribution < -0.4 is 0 Å². The van der Waals surface area contributed by atoms with Gasteiger partial charge >= 0.3 is 5.97 Å². The molecule has 4 atom stereocenters. The van der Waals surface area contributed by atoms with E-state index in [9.17, 15) is 14.7 Å². The number of fused-ring (bicyclic) bond motifs is 2. The van der Waals surface area contributed by atoms with Gasteiger partial charge in [0, 0.05) is 26.1 Å². The fraction of sp³-hybridized carbons (Fsp3) is 0.733. The molecular formula is C15H21NO4. The number of allylic oxidation sites excluding steroid dienone is 2. The van der Waals surface area contributed by atoms with Crippen LogP contribution in [0.2, 0.25) is 0 Å². The summed E-state index contributed by atoms with van der Waals surface area (Å²) in [5.41, 5.74) is -0.919. The maximum absolute atomic E-state index is 12.6. The Morgan fingerprint density at radius 1 is 1.40 bits per heavy atom. The molecule has 2 aliphatic carbocycles. The second kappa shape index (κ2) is 4.88. The summed E-state index contributed by atoms with van der Waals surface area (Å²) in [4.78, 5) is 25.9. The van der Waals surface area contributed by atoms with Crippen LogP contribution in [0.3, 0.4) is 0 Å². The van der Waals surface area contributed by atoms with Gasteiger partial charge in [0.15, 0.2) is 0 Å². The number of carbonyl (C=O) groups is 2. The lowest BCUT2D eigenvalue weighted by Crippen LogP contribution is -2.42. The summed E-state index contributed by atoms with van der Waals surface area (Å²) < 4.78 is 5.06. The molecule has 4 unspecified atom stereocenters. The summed E-state index contributed by atoms with van der Waals surface area (Å²) >= 11 is 0. The van der Waals surface area contributed by atoms with Gasteiger partial charge in [-0.25, -0.2) is 0 Å². The van der Waals surface area contributed by atoms with E-state index in [1.807, 2.05) is 0 Å². The predicted octanol–water partition coefficient (Wildman–Crippen LogP) is 1.15. The lowest BCUT2D eigenvalue weighted by molar-refractivity contribution is -0.152. The zero-order chi connectivity index (χ0) is 14.3. The number of aliphatic carboxylic acids is 1. The predicted molar refractivity (Wildman–Crippen MR) is 72.0 cm³/mol. The van der Waals surface area contributed by atoms with Crippen LogP contribution in [0.5, 0.6) is 0 Å². The molecule has 1 amide bonds. The van der Waals surface area contributed by atoms with Gasteiger partial charge in [0.05, 0.1) is 6.61 Å². The monoisotopic (exact) mass is 279 g/mol. The van der Waals surface area contributed by atoms with Crippen LogP contribution in [0.15, 0.2) is 12.2 Å². The highest BCUT2D eigenvalue weighted by atomic mass is 16.5. The smallest absolute Gasteiger partial charge is 0.313 e. The van der Waals surface area contributed by atoms with Gasteiger partial charge in [0.1, 0.15) is 5.41 Å². The molecule has 20 heavy (non-hydrogen) atoms. The lowest BCUT2D eigenvalue weighted by atomic mass is 9.88. The highest BCUT2D eigenvalue weighted by Crippen LogP contribution is 2.45. The number of methoxy groups -OCH3 is 1. The van der Waals surface area contributed by atoms with Crippen LogP contribution in [0, 0.1) is 23.2 Å². The van der Waals surface area contributed by atoms with E-state index in [1.165, 1.54) is 7.11 Å². The first-order valence-electron chi connectivity index (χ1n) is 7.25. The summed E-state index contributed by atoms with van der Waals surface area (Å²) in [6.07, 6.45) is 6.88. The minimum absolute atomic E-state index is 0.0668. The zero-order valence-corrected chi connectivity index (χ0v) is 11.7. The van der Waals surface area contributed by atoms with E-state index >= 15 is 0 Å². The van der Waals surface area contributed by atoms with Gasteiger partial charge in [-0.05, 0) is 31.1 Å². The van der Waals surface area contributed by atoms with Crippen LogP contribution >= 0.6 is 0 Å². The van der Waals surface area contributed by atoms with Gasteiger partial charge in [0.25, 0.3) is 0 Å². The summed E-state index contributed by atoms with van der Waals surface area (Å²) in [6, 6.07) is 0. The zero-order valence-electron chi connectivity index (χ0n) is 11.7. The molecule has 1 saturated heterocycles. The highest BCUT2D eigenvalue weighted by Gasteiger charge is 2.49. The SMILES string of the molecule is COCC1(C(=O)O)CCN(C(=O)C2CC3C=CC2C3)C1. The molecule has 1 saturated carbocycles. The number of rotatable bonds is 4. The van der Waals surface area contributed by atoms with Crippen molar-refractivity contribution in [3.63, 3.8) is 0 Å². The molecule has 110 valence electrons. The first-order valence-corrected chi connectivity index (χ1v) is 7.25. The lowest BCUT2D eigenvalue weighted by Gasteiger charge is -2.27. The fourth-order valence-electron chi connectivity index (χ4n) is 3.99. The van der Waals surface area contributed by atoms with Crippen molar-refractivity contribution in [1.29, 1.82) is 0 Å². The molecule has 1 aliphatic heterocycles. The van der Waals surface area contributed by atoms with E-state index in [2.05, 4.69) is 12.2 Å². The number of amides is 1. The molecule has 0 spiro atoms. The third kappa shape index (κ3) is 2.04. The standard InChI is InChI=1S/C15H21NO4/c1-20-9-15(14(18)19)4-5-16(8-15)13(17)12-7-10-2-3-11(12)6-10/h2-3,10-12H,4-9H2,1H3,(H,18,19). The Kier molecular flexibility index (Phi) is 3.32. The number of hydrogen-bond acceptors (Lipinski definition) is 3. The fourth-order valence-corrected chi connectivity index (χ4v) is 3.99. The second-order valence-electron chi connectivity index (χ2n) is 6.42. The number of carboxylic acid groups (broad SMARTS) is 1. The van der Waals surface area contributed by atoms with Crippen molar-refractivity contribution in [3.05, 3.63) is 12.2 Å². The van der Waals surface area contributed by atoms with Crippen LogP contribution in [-0.4, -0.2) is 48.7 Å². The first-order chi connectivity index (χ1) is 9.55. The van der Waals surface area contributed by atoms with Gasteiger partial charge < -0.3 is 14.7 Å². The van der Waals surface area contributed by atoms with Crippen molar-refractivity contribution in [2.45, 2.75) is 19.3 Å². The Hall–Kier alpha value is -1.36. The Bertz CT molecular complexity index is 461. The quantitative estimate of drug-likeness (QED) is 0.784. The Balaban J connectivity index is 1.69. The van der Waals surface area contributed by atoms with E-state index < -0.39 is 11.4 Å². The number of hydrogen-bond donors (Lipinski definition) is 1. The van der Waals surface area contributed by atoms with E-state index in [0.717, 1.165) is 12.8 Å². The molecule has 3 rings (SSSR count). The summed E-state index contributed by atoms with van der Waals surface area (Å²) in [6.45, 7) is 0.988. The van der Waals surface area contributed by atoms with Crippen LogP contribution in [-0.2, 0) is 14.3 Å². The molecule has 3 aliphatic rings. The van der Waals surface area contributed by atoms with Gasteiger partial charge in [-0.1, -0.05) is 12.2 Å². The highest BCUT2D eigenvalue weighted by molar-refractivity contribution is 5.83. The van der Waals surface area contributed by atoms with Crippen molar-refractivity contribution in [2.24, 2.45) is 23.2 Å². The van der Waals surface area contributed by atoms with Gasteiger partial charge in [-0.2, -0.15) is 0 Å². The number of ether oxygens (including phenoxy) is 1. The number of likely N-dealkylation sites (tertiary alicyclic amines) is 1. The van der Waals surface area contributed by atoms with Gasteiger partial charge in [0.2, 0.25) is 5.91 Å². The molecule has 0 aromatic heterocycles. The molecule has 2 bridgehead atoms.